The van der Waals surface area contributed by atoms with Crippen LogP contribution in [-0.2, 0) is 16.0 Å². The minimum atomic E-state index is -0.501. The Kier molecular flexibility index (Phi) is 5.84. The van der Waals surface area contributed by atoms with Crippen molar-refractivity contribution in [2.75, 3.05) is 25.0 Å². The number of likely N-dealkylation sites (tertiary alicyclic amines) is 1. The molecule has 0 unspecified atom stereocenters. The molecule has 0 spiro atoms. The van der Waals surface area contributed by atoms with Crippen molar-refractivity contribution in [3.8, 4) is 0 Å². The second-order valence-corrected chi connectivity index (χ2v) is 6.85. The number of amides is 2. The molecule has 1 saturated heterocycles. The van der Waals surface area contributed by atoms with E-state index >= 15 is 0 Å². The van der Waals surface area contributed by atoms with Crippen LogP contribution in [0.25, 0.3) is 0 Å². The Morgan fingerprint density at radius 1 is 1.22 bits per heavy atom. The molecule has 0 aliphatic carbocycles. The summed E-state index contributed by atoms with van der Waals surface area (Å²) in [5.74, 6) is -0.0728. The summed E-state index contributed by atoms with van der Waals surface area (Å²) >= 11 is 0. The van der Waals surface area contributed by atoms with E-state index in [0.29, 0.717) is 37.4 Å². The Morgan fingerprint density at radius 2 is 1.93 bits per heavy atom. The summed E-state index contributed by atoms with van der Waals surface area (Å²) in [6.45, 7) is 3.20. The third-order valence-corrected chi connectivity index (χ3v) is 5.11. The summed E-state index contributed by atoms with van der Waals surface area (Å²) in [6, 6.07) is 11.3. The number of anilines is 1. The van der Waals surface area contributed by atoms with E-state index < -0.39 is 5.95 Å². The molecule has 1 aromatic carbocycles. The predicted molar refractivity (Wildman–Crippen MR) is 102 cm³/mol. The number of hydrogen-bond donors (Lipinski definition) is 0. The van der Waals surface area contributed by atoms with Crippen LogP contribution >= 0.6 is 0 Å². The van der Waals surface area contributed by atoms with Crippen LogP contribution < -0.4 is 4.90 Å². The summed E-state index contributed by atoms with van der Waals surface area (Å²) in [5.41, 5.74) is 2.51. The van der Waals surface area contributed by atoms with Gasteiger partial charge in [0, 0.05) is 56.3 Å². The SMILES string of the molecule is CCC(=O)N(C)c1ccc(C2CN(C(=O)CCc3cccnc3F)C2)cc1. The van der Waals surface area contributed by atoms with Gasteiger partial charge in [0.1, 0.15) is 0 Å². The molecule has 1 aliphatic heterocycles. The van der Waals surface area contributed by atoms with Gasteiger partial charge < -0.3 is 9.80 Å². The highest BCUT2D eigenvalue weighted by Gasteiger charge is 2.31. The minimum Gasteiger partial charge on any atom is -0.341 e. The van der Waals surface area contributed by atoms with Crippen LogP contribution in [0.1, 0.15) is 36.8 Å². The molecule has 0 saturated carbocycles. The Balaban J connectivity index is 1.49. The molecular formula is C21H24FN3O2. The molecule has 142 valence electrons. The lowest BCUT2D eigenvalue weighted by atomic mass is 9.90. The average molecular weight is 369 g/mol. The van der Waals surface area contributed by atoms with Gasteiger partial charge in [-0.25, -0.2) is 4.98 Å². The molecule has 1 aromatic heterocycles. The van der Waals surface area contributed by atoms with Crippen molar-refractivity contribution >= 4 is 17.5 Å². The van der Waals surface area contributed by atoms with Crippen molar-refractivity contribution < 1.29 is 14.0 Å². The van der Waals surface area contributed by atoms with Crippen molar-refractivity contribution in [1.29, 1.82) is 0 Å². The number of carbonyl (C=O) groups excluding carboxylic acids is 2. The van der Waals surface area contributed by atoms with Crippen LogP contribution in [0, 0.1) is 5.95 Å². The highest BCUT2D eigenvalue weighted by molar-refractivity contribution is 5.92. The third kappa shape index (κ3) is 4.32. The molecular weight excluding hydrogens is 345 g/mol. The number of aromatic nitrogens is 1. The average Bonchev–Trinajstić information content (AvgIpc) is 2.65. The first-order chi connectivity index (χ1) is 13.0. The van der Waals surface area contributed by atoms with E-state index in [1.807, 2.05) is 31.2 Å². The van der Waals surface area contributed by atoms with E-state index in [-0.39, 0.29) is 18.2 Å². The first-order valence-corrected chi connectivity index (χ1v) is 9.23. The van der Waals surface area contributed by atoms with Crippen LogP contribution in [0.5, 0.6) is 0 Å². The highest BCUT2D eigenvalue weighted by Crippen LogP contribution is 2.29. The monoisotopic (exact) mass is 369 g/mol. The molecule has 0 N–H and O–H groups in total. The largest absolute Gasteiger partial charge is 0.341 e. The van der Waals surface area contributed by atoms with Crippen LogP contribution in [-0.4, -0.2) is 41.8 Å². The fraction of sp³-hybridized carbons (Fsp3) is 0.381. The van der Waals surface area contributed by atoms with Crippen LogP contribution in [0.4, 0.5) is 10.1 Å². The second kappa shape index (κ2) is 8.29. The molecule has 1 aliphatic rings. The van der Waals surface area contributed by atoms with E-state index in [2.05, 4.69) is 4.98 Å². The first kappa shape index (κ1) is 19.0. The summed E-state index contributed by atoms with van der Waals surface area (Å²) in [7, 11) is 1.77. The Labute approximate surface area is 158 Å². The van der Waals surface area contributed by atoms with Crippen molar-refractivity contribution in [3.63, 3.8) is 0 Å². The number of rotatable bonds is 6. The van der Waals surface area contributed by atoms with Crippen LogP contribution in [0.2, 0.25) is 0 Å². The molecule has 0 bridgehead atoms. The topological polar surface area (TPSA) is 53.5 Å². The Hall–Kier alpha value is -2.76. The quantitative estimate of drug-likeness (QED) is 0.735. The molecule has 3 rings (SSSR count). The molecule has 0 radical (unpaired) electrons. The van der Waals surface area contributed by atoms with Crippen LogP contribution in [0.3, 0.4) is 0 Å². The molecule has 5 nitrogen and oxygen atoms in total. The molecule has 0 atom stereocenters. The van der Waals surface area contributed by atoms with Crippen molar-refractivity contribution in [3.05, 3.63) is 59.7 Å². The van der Waals surface area contributed by atoms with E-state index in [1.165, 1.54) is 11.8 Å². The lowest BCUT2D eigenvalue weighted by molar-refractivity contribution is -0.135. The van der Waals surface area contributed by atoms with Crippen molar-refractivity contribution in [2.24, 2.45) is 0 Å². The zero-order chi connectivity index (χ0) is 19.4. The molecule has 27 heavy (non-hydrogen) atoms. The summed E-state index contributed by atoms with van der Waals surface area (Å²) in [4.78, 5) is 31.1. The number of aryl methyl sites for hydroxylation is 1. The van der Waals surface area contributed by atoms with E-state index in [1.54, 1.807) is 29.0 Å². The number of carbonyl (C=O) groups is 2. The number of halogens is 1. The van der Waals surface area contributed by atoms with Gasteiger partial charge in [-0.3, -0.25) is 9.59 Å². The zero-order valence-corrected chi connectivity index (χ0v) is 15.7. The molecule has 2 heterocycles. The predicted octanol–water partition coefficient (Wildman–Crippen LogP) is 3.15. The normalized spacial score (nSPS) is 14.0. The lowest BCUT2D eigenvalue weighted by Crippen LogP contribution is -2.48. The molecule has 6 heteroatoms. The molecule has 2 amide bonds. The van der Waals surface area contributed by atoms with Gasteiger partial charge >= 0.3 is 0 Å². The van der Waals surface area contributed by atoms with E-state index in [9.17, 15) is 14.0 Å². The highest BCUT2D eigenvalue weighted by atomic mass is 19.1. The third-order valence-electron chi connectivity index (χ3n) is 5.11. The smallest absolute Gasteiger partial charge is 0.226 e. The van der Waals surface area contributed by atoms with E-state index in [0.717, 1.165) is 5.69 Å². The van der Waals surface area contributed by atoms with Crippen molar-refractivity contribution in [2.45, 2.75) is 32.1 Å². The number of nitrogens with zero attached hydrogens (tertiary/aromatic N) is 3. The van der Waals surface area contributed by atoms with Gasteiger partial charge in [-0.05, 0) is 30.2 Å². The number of hydrogen-bond acceptors (Lipinski definition) is 3. The molecule has 2 aromatic rings. The van der Waals surface area contributed by atoms with Gasteiger partial charge in [0.15, 0.2) is 0 Å². The van der Waals surface area contributed by atoms with E-state index in [4.69, 9.17) is 0 Å². The van der Waals surface area contributed by atoms with Gasteiger partial charge in [-0.1, -0.05) is 25.1 Å². The van der Waals surface area contributed by atoms with Crippen LogP contribution in [0.15, 0.2) is 42.6 Å². The van der Waals surface area contributed by atoms with Gasteiger partial charge in [-0.2, -0.15) is 4.39 Å². The Bertz CT molecular complexity index is 816. The lowest BCUT2D eigenvalue weighted by Gasteiger charge is -2.40. The Morgan fingerprint density at radius 3 is 2.56 bits per heavy atom. The van der Waals surface area contributed by atoms with Gasteiger partial charge in [0.05, 0.1) is 0 Å². The van der Waals surface area contributed by atoms with Gasteiger partial charge in [-0.15, -0.1) is 0 Å². The fourth-order valence-corrected chi connectivity index (χ4v) is 3.25. The molecule has 1 fully saturated rings. The fourth-order valence-electron chi connectivity index (χ4n) is 3.25. The standard InChI is InChI=1S/C21H24FN3O2/c1-3-19(26)24(2)18-9-6-15(7-10-18)17-13-25(14-17)20(27)11-8-16-5-4-12-23-21(16)22/h4-7,9-10,12,17H,3,8,11,13-14H2,1-2H3. The maximum absolute atomic E-state index is 13.5. The first-order valence-electron chi connectivity index (χ1n) is 9.23. The van der Waals surface area contributed by atoms with Gasteiger partial charge in [0.25, 0.3) is 0 Å². The number of pyridine rings is 1. The second-order valence-electron chi connectivity index (χ2n) is 6.85. The zero-order valence-electron chi connectivity index (χ0n) is 15.7. The maximum Gasteiger partial charge on any atom is 0.226 e. The summed E-state index contributed by atoms with van der Waals surface area (Å²) < 4.78 is 13.5. The maximum atomic E-state index is 13.5. The van der Waals surface area contributed by atoms with Crippen molar-refractivity contribution in [1.82, 2.24) is 9.88 Å². The van der Waals surface area contributed by atoms with Gasteiger partial charge in [0.2, 0.25) is 17.8 Å². The number of benzene rings is 1. The summed E-state index contributed by atoms with van der Waals surface area (Å²) in [5, 5.41) is 0. The summed E-state index contributed by atoms with van der Waals surface area (Å²) in [6.07, 6.45) is 2.53. The minimum absolute atomic E-state index is 0.0411.